The Balaban J connectivity index is 1.31. The number of ketones is 1. The van der Waals surface area contributed by atoms with Crippen molar-refractivity contribution in [2.75, 3.05) is 6.54 Å². The summed E-state index contributed by atoms with van der Waals surface area (Å²) in [5, 5.41) is 11.5. The average Bonchev–Trinajstić information content (AvgIpc) is 3.71. The summed E-state index contributed by atoms with van der Waals surface area (Å²) in [5.41, 5.74) is 3.32. The third-order valence-electron chi connectivity index (χ3n) is 7.53. The molecule has 0 spiro atoms. The van der Waals surface area contributed by atoms with E-state index in [1.165, 1.54) is 0 Å². The summed E-state index contributed by atoms with van der Waals surface area (Å²) in [6, 6.07) is 21.9. The van der Waals surface area contributed by atoms with Gasteiger partial charge in [0.2, 0.25) is 0 Å². The third-order valence-corrected chi connectivity index (χ3v) is 7.53. The van der Waals surface area contributed by atoms with E-state index < -0.39 is 17.7 Å². The fourth-order valence-electron chi connectivity index (χ4n) is 5.51. The number of likely N-dealkylation sites (tertiary alicyclic amines) is 1. The van der Waals surface area contributed by atoms with Gasteiger partial charge in [0.15, 0.2) is 0 Å². The smallest absolute Gasteiger partial charge is 0.295 e. The SMILES string of the molecule is C[C@@H]1Cc2cc(/C(O)=C3\C(=O)C(=O)N(CCCn4ccnc4)[C@H]3c3ccc(OCc4ccccc4)cc3)ccc2O1. The molecule has 1 amide bonds. The van der Waals surface area contributed by atoms with Crippen LogP contribution in [0.4, 0.5) is 0 Å². The monoisotopic (exact) mass is 549 g/mol. The molecule has 6 rings (SSSR count). The van der Waals surface area contributed by atoms with Gasteiger partial charge in [-0.25, -0.2) is 4.98 Å². The van der Waals surface area contributed by atoms with Crippen LogP contribution in [0, 0.1) is 0 Å². The Morgan fingerprint density at radius 2 is 1.85 bits per heavy atom. The van der Waals surface area contributed by atoms with E-state index in [0.29, 0.717) is 43.9 Å². The number of hydrogen-bond donors (Lipinski definition) is 1. The molecule has 4 aromatic rings. The Hall–Kier alpha value is -4.85. The molecule has 0 bridgehead atoms. The number of aliphatic hydroxyl groups excluding tert-OH is 1. The van der Waals surface area contributed by atoms with Crippen molar-refractivity contribution >= 4 is 17.4 Å². The maximum atomic E-state index is 13.4. The molecule has 2 aliphatic heterocycles. The van der Waals surface area contributed by atoms with Crippen molar-refractivity contribution in [3.63, 3.8) is 0 Å². The lowest BCUT2D eigenvalue weighted by Crippen LogP contribution is -2.31. The summed E-state index contributed by atoms with van der Waals surface area (Å²) in [6.45, 7) is 3.40. The number of aliphatic hydroxyl groups is 1. The van der Waals surface area contributed by atoms with Crippen molar-refractivity contribution in [2.45, 2.75) is 45.1 Å². The Bertz CT molecular complexity index is 1580. The first-order valence-corrected chi connectivity index (χ1v) is 13.8. The number of benzene rings is 3. The highest BCUT2D eigenvalue weighted by Gasteiger charge is 2.45. The van der Waals surface area contributed by atoms with E-state index in [-0.39, 0.29) is 17.4 Å². The van der Waals surface area contributed by atoms with Crippen LogP contribution in [0.15, 0.2) is 97.1 Å². The van der Waals surface area contributed by atoms with Gasteiger partial charge < -0.3 is 24.0 Å². The highest BCUT2D eigenvalue weighted by molar-refractivity contribution is 6.46. The second kappa shape index (κ2) is 11.3. The summed E-state index contributed by atoms with van der Waals surface area (Å²) in [7, 11) is 0. The van der Waals surface area contributed by atoms with Crippen LogP contribution >= 0.6 is 0 Å². The molecule has 1 aromatic heterocycles. The molecule has 8 heteroatoms. The Kier molecular flexibility index (Phi) is 7.29. The molecule has 2 aliphatic rings. The van der Waals surface area contributed by atoms with Crippen LogP contribution in [0.3, 0.4) is 0 Å². The van der Waals surface area contributed by atoms with Crippen LogP contribution < -0.4 is 9.47 Å². The highest BCUT2D eigenvalue weighted by Crippen LogP contribution is 2.41. The first-order valence-electron chi connectivity index (χ1n) is 13.8. The standard InChI is InChI=1S/C33H31N3O5/c1-22-18-26-19-25(10-13-28(26)41-22)31(37)29-30(36(33(39)32(29)38)16-5-15-35-17-14-34-21-35)24-8-11-27(12-9-24)40-20-23-6-3-2-4-7-23/h2-4,6-14,17,19,21-22,30,37H,5,15-16,18,20H2,1H3/b31-29+/t22-,30+/m1/s1. The average molecular weight is 550 g/mol. The van der Waals surface area contributed by atoms with Crippen molar-refractivity contribution in [1.29, 1.82) is 0 Å². The summed E-state index contributed by atoms with van der Waals surface area (Å²) in [5.74, 6) is -0.0504. The fraction of sp³-hybridized carbons (Fsp3) is 0.242. The molecule has 2 atom stereocenters. The molecule has 41 heavy (non-hydrogen) atoms. The number of amides is 1. The van der Waals surface area contributed by atoms with E-state index in [1.807, 2.05) is 84.4 Å². The minimum atomic E-state index is -0.732. The van der Waals surface area contributed by atoms with Crippen LogP contribution in [0.25, 0.3) is 5.76 Å². The van der Waals surface area contributed by atoms with Crippen LogP contribution in [-0.2, 0) is 29.2 Å². The number of ether oxygens (including phenoxy) is 2. The lowest BCUT2D eigenvalue weighted by atomic mass is 9.94. The van der Waals surface area contributed by atoms with Gasteiger partial charge in [-0.15, -0.1) is 0 Å². The molecule has 0 unspecified atom stereocenters. The van der Waals surface area contributed by atoms with E-state index in [0.717, 1.165) is 22.4 Å². The predicted octanol–water partition coefficient (Wildman–Crippen LogP) is 5.30. The topological polar surface area (TPSA) is 93.9 Å². The van der Waals surface area contributed by atoms with Gasteiger partial charge in [-0.05, 0) is 60.4 Å². The first kappa shape index (κ1) is 26.4. The Morgan fingerprint density at radius 3 is 2.61 bits per heavy atom. The van der Waals surface area contributed by atoms with Gasteiger partial charge in [0, 0.05) is 37.5 Å². The summed E-state index contributed by atoms with van der Waals surface area (Å²) >= 11 is 0. The number of Topliss-reactive ketones (excluding diaryl/α,β-unsaturated/α-hetero) is 1. The minimum absolute atomic E-state index is 0.0473. The highest BCUT2D eigenvalue weighted by atomic mass is 16.5. The summed E-state index contributed by atoms with van der Waals surface area (Å²) < 4.78 is 13.7. The van der Waals surface area contributed by atoms with Crippen molar-refractivity contribution < 1.29 is 24.2 Å². The molecule has 0 saturated carbocycles. The van der Waals surface area contributed by atoms with Crippen molar-refractivity contribution in [3.8, 4) is 11.5 Å². The fourth-order valence-corrected chi connectivity index (χ4v) is 5.51. The van der Waals surface area contributed by atoms with Crippen LogP contribution in [-0.4, -0.2) is 43.9 Å². The molecule has 0 aliphatic carbocycles. The van der Waals surface area contributed by atoms with Crippen LogP contribution in [0.1, 0.15) is 41.6 Å². The molecule has 1 fully saturated rings. The van der Waals surface area contributed by atoms with Gasteiger partial charge in [0.25, 0.3) is 11.7 Å². The third kappa shape index (κ3) is 5.45. The molecule has 1 N–H and O–H groups in total. The largest absolute Gasteiger partial charge is 0.507 e. The van der Waals surface area contributed by atoms with Gasteiger partial charge in [-0.3, -0.25) is 9.59 Å². The van der Waals surface area contributed by atoms with E-state index in [4.69, 9.17) is 9.47 Å². The van der Waals surface area contributed by atoms with Gasteiger partial charge in [0.05, 0.1) is 17.9 Å². The molecule has 1 saturated heterocycles. The molecule has 208 valence electrons. The Labute approximate surface area is 238 Å². The number of aromatic nitrogens is 2. The van der Waals surface area contributed by atoms with Gasteiger partial charge in [-0.1, -0.05) is 42.5 Å². The predicted molar refractivity (Wildman–Crippen MR) is 153 cm³/mol. The lowest BCUT2D eigenvalue weighted by Gasteiger charge is -2.25. The Morgan fingerprint density at radius 1 is 1.05 bits per heavy atom. The maximum Gasteiger partial charge on any atom is 0.295 e. The number of hydrogen-bond acceptors (Lipinski definition) is 6. The van der Waals surface area contributed by atoms with E-state index >= 15 is 0 Å². The van der Waals surface area contributed by atoms with E-state index in [1.54, 1.807) is 23.5 Å². The zero-order chi connectivity index (χ0) is 28.3. The lowest BCUT2D eigenvalue weighted by molar-refractivity contribution is -0.139. The second-order valence-electron chi connectivity index (χ2n) is 10.4. The zero-order valence-corrected chi connectivity index (χ0v) is 22.8. The van der Waals surface area contributed by atoms with E-state index in [9.17, 15) is 14.7 Å². The molecule has 8 nitrogen and oxygen atoms in total. The molecular formula is C33H31N3O5. The van der Waals surface area contributed by atoms with E-state index in [2.05, 4.69) is 4.98 Å². The van der Waals surface area contributed by atoms with Crippen LogP contribution in [0.5, 0.6) is 11.5 Å². The normalized spacial score (nSPS) is 19.3. The number of rotatable bonds is 9. The number of carbonyl (C=O) groups excluding carboxylic acids is 2. The second-order valence-corrected chi connectivity index (χ2v) is 10.4. The number of aryl methyl sites for hydroxylation is 1. The summed E-state index contributed by atoms with van der Waals surface area (Å²) in [4.78, 5) is 32.4. The van der Waals surface area contributed by atoms with Crippen molar-refractivity contribution in [2.24, 2.45) is 0 Å². The van der Waals surface area contributed by atoms with Gasteiger partial charge in [-0.2, -0.15) is 0 Å². The van der Waals surface area contributed by atoms with Gasteiger partial charge in [0.1, 0.15) is 30.0 Å². The van der Waals surface area contributed by atoms with Crippen LogP contribution in [0.2, 0.25) is 0 Å². The van der Waals surface area contributed by atoms with Gasteiger partial charge >= 0.3 is 0 Å². The molecular weight excluding hydrogens is 518 g/mol. The number of fused-ring (bicyclic) bond motifs is 1. The number of imidazole rings is 1. The number of nitrogens with zero attached hydrogens (tertiary/aromatic N) is 3. The molecule has 0 radical (unpaired) electrons. The number of carbonyl (C=O) groups is 2. The molecule has 3 heterocycles. The molecule has 3 aromatic carbocycles. The van der Waals surface area contributed by atoms with Crippen molar-refractivity contribution in [1.82, 2.24) is 14.5 Å². The minimum Gasteiger partial charge on any atom is -0.507 e. The van der Waals surface area contributed by atoms with Crippen molar-refractivity contribution in [3.05, 3.63) is 119 Å². The zero-order valence-electron chi connectivity index (χ0n) is 22.8. The maximum absolute atomic E-state index is 13.4. The quantitative estimate of drug-likeness (QED) is 0.173. The summed E-state index contributed by atoms with van der Waals surface area (Å²) in [6.07, 6.45) is 6.66. The first-order chi connectivity index (χ1) is 20.0.